The Labute approximate surface area is 120 Å². The Bertz CT molecular complexity index is 382. The Hall–Kier alpha value is -0.440. The van der Waals surface area contributed by atoms with Crippen LogP contribution in [0.5, 0.6) is 5.75 Å². The maximum atomic E-state index is 6.31. The fourth-order valence-corrected chi connectivity index (χ4v) is 2.45. The van der Waals surface area contributed by atoms with Crippen molar-refractivity contribution in [3.05, 3.63) is 27.7 Å². The molecule has 1 rings (SSSR count). The molecule has 0 heterocycles. The molecule has 0 aliphatic rings. The Morgan fingerprint density at radius 1 is 1.22 bits per heavy atom. The lowest BCUT2D eigenvalue weighted by molar-refractivity contribution is 0.340. The Morgan fingerprint density at radius 2 is 1.94 bits per heavy atom. The van der Waals surface area contributed by atoms with Gasteiger partial charge in [-0.3, -0.25) is 0 Å². The number of unbranched alkanes of at least 4 members (excludes halogenated alkanes) is 1. The van der Waals surface area contributed by atoms with E-state index in [1.165, 1.54) is 6.42 Å². The smallest absolute Gasteiger partial charge is 0.139 e. The summed E-state index contributed by atoms with van der Waals surface area (Å²) in [5.74, 6) is 0.651. The second-order valence-electron chi connectivity index (χ2n) is 4.22. The van der Waals surface area contributed by atoms with Crippen molar-refractivity contribution in [2.45, 2.75) is 39.2 Å². The average molecular weight is 290 g/mol. The first-order valence-electron chi connectivity index (χ1n) is 6.43. The SMILES string of the molecule is CCCCC(NC)c1cc(Cl)c(OCC)cc1Cl. The molecular formula is C14H21Cl2NO. The summed E-state index contributed by atoms with van der Waals surface area (Å²) in [6.45, 7) is 4.69. The predicted molar refractivity (Wildman–Crippen MR) is 79.0 cm³/mol. The Balaban J connectivity index is 2.97. The van der Waals surface area contributed by atoms with Crippen molar-refractivity contribution in [1.82, 2.24) is 5.32 Å². The number of nitrogens with one attached hydrogen (secondary N) is 1. The number of halogens is 2. The van der Waals surface area contributed by atoms with Crippen LogP contribution in [-0.2, 0) is 0 Å². The zero-order chi connectivity index (χ0) is 13.5. The molecule has 4 heteroatoms. The fraction of sp³-hybridized carbons (Fsp3) is 0.571. The summed E-state index contributed by atoms with van der Waals surface area (Å²) >= 11 is 12.5. The minimum atomic E-state index is 0.241. The molecule has 0 bridgehead atoms. The molecule has 18 heavy (non-hydrogen) atoms. The summed E-state index contributed by atoms with van der Waals surface area (Å²) in [5, 5.41) is 4.61. The van der Waals surface area contributed by atoms with E-state index >= 15 is 0 Å². The predicted octanol–water partition coefficient (Wildman–Crippen LogP) is 4.84. The molecule has 1 atom stereocenters. The van der Waals surface area contributed by atoms with E-state index in [4.69, 9.17) is 27.9 Å². The largest absolute Gasteiger partial charge is 0.492 e. The molecule has 1 N–H and O–H groups in total. The van der Waals surface area contributed by atoms with E-state index < -0.39 is 0 Å². The highest BCUT2D eigenvalue weighted by molar-refractivity contribution is 6.34. The van der Waals surface area contributed by atoms with Crippen LogP contribution in [0.15, 0.2) is 12.1 Å². The van der Waals surface area contributed by atoms with Crippen LogP contribution in [0.4, 0.5) is 0 Å². The fourth-order valence-electron chi connectivity index (χ4n) is 1.94. The van der Waals surface area contributed by atoms with Crippen molar-refractivity contribution in [3.63, 3.8) is 0 Å². The van der Waals surface area contributed by atoms with Gasteiger partial charge in [-0.1, -0.05) is 43.0 Å². The molecule has 1 aromatic carbocycles. The molecule has 1 aromatic rings. The van der Waals surface area contributed by atoms with Crippen molar-refractivity contribution in [1.29, 1.82) is 0 Å². The van der Waals surface area contributed by atoms with E-state index in [1.807, 2.05) is 20.0 Å². The van der Waals surface area contributed by atoms with Gasteiger partial charge in [-0.25, -0.2) is 0 Å². The Morgan fingerprint density at radius 3 is 2.50 bits per heavy atom. The van der Waals surface area contributed by atoms with Crippen molar-refractivity contribution >= 4 is 23.2 Å². The van der Waals surface area contributed by atoms with E-state index in [1.54, 1.807) is 6.07 Å². The molecule has 102 valence electrons. The van der Waals surface area contributed by atoms with Crippen LogP contribution in [0.25, 0.3) is 0 Å². The molecule has 0 radical (unpaired) electrons. The lowest BCUT2D eigenvalue weighted by Gasteiger charge is -2.19. The number of hydrogen-bond donors (Lipinski definition) is 1. The monoisotopic (exact) mass is 289 g/mol. The average Bonchev–Trinajstić information content (AvgIpc) is 2.36. The molecule has 0 amide bonds. The van der Waals surface area contributed by atoms with Gasteiger partial charge >= 0.3 is 0 Å². The first-order valence-corrected chi connectivity index (χ1v) is 7.18. The van der Waals surface area contributed by atoms with E-state index in [-0.39, 0.29) is 6.04 Å². The molecule has 0 aromatic heterocycles. The Kier molecular flexibility index (Phi) is 6.83. The van der Waals surface area contributed by atoms with Gasteiger partial charge in [0.25, 0.3) is 0 Å². The first-order chi connectivity index (χ1) is 8.63. The number of hydrogen-bond acceptors (Lipinski definition) is 2. The number of benzene rings is 1. The van der Waals surface area contributed by atoms with Crippen LogP contribution in [0.3, 0.4) is 0 Å². The second-order valence-corrected chi connectivity index (χ2v) is 5.04. The molecule has 0 spiro atoms. The highest BCUT2D eigenvalue weighted by atomic mass is 35.5. The topological polar surface area (TPSA) is 21.3 Å². The summed E-state index contributed by atoms with van der Waals surface area (Å²) in [4.78, 5) is 0. The normalized spacial score (nSPS) is 12.5. The molecular weight excluding hydrogens is 269 g/mol. The van der Waals surface area contributed by atoms with Crippen LogP contribution < -0.4 is 10.1 Å². The molecule has 0 aliphatic carbocycles. The lowest BCUT2D eigenvalue weighted by Crippen LogP contribution is -2.16. The summed E-state index contributed by atoms with van der Waals surface area (Å²) < 4.78 is 5.43. The molecule has 0 saturated heterocycles. The van der Waals surface area contributed by atoms with Crippen LogP contribution in [0, 0.1) is 0 Å². The maximum absolute atomic E-state index is 6.31. The van der Waals surface area contributed by atoms with Gasteiger partial charge in [0.05, 0.1) is 11.6 Å². The number of rotatable bonds is 7. The summed E-state index contributed by atoms with van der Waals surface area (Å²) in [5.41, 5.74) is 1.04. The van der Waals surface area contributed by atoms with Crippen LogP contribution >= 0.6 is 23.2 Å². The van der Waals surface area contributed by atoms with Crippen LogP contribution in [0.1, 0.15) is 44.7 Å². The maximum Gasteiger partial charge on any atom is 0.139 e. The van der Waals surface area contributed by atoms with Gasteiger partial charge in [-0.15, -0.1) is 0 Å². The van der Waals surface area contributed by atoms with Gasteiger partial charge < -0.3 is 10.1 Å². The quantitative estimate of drug-likeness (QED) is 0.775. The summed E-state index contributed by atoms with van der Waals surface area (Å²) in [7, 11) is 1.95. The highest BCUT2D eigenvalue weighted by Crippen LogP contribution is 2.35. The number of ether oxygens (including phenoxy) is 1. The van der Waals surface area contributed by atoms with Gasteiger partial charge in [-0.2, -0.15) is 0 Å². The molecule has 1 unspecified atom stereocenters. The van der Waals surface area contributed by atoms with Gasteiger partial charge in [0, 0.05) is 17.1 Å². The summed E-state index contributed by atoms with van der Waals surface area (Å²) in [6.07, 6.45) is 3.38. The zero-order valence-corrected chi connectivity index (χ0v) is 12.7. The van der Waals surface area contributed by atoms with Crippen molar-refractivity contribution in [2.75, 3.05) is 13.7 Å². The lowest BCUT2D eigenvalue weighted by atomic mass is 10.0. The van der Waals surface area contributed by atoms with E-state index in [2.05, 4.69) is 12.2 Å². The van der Waals surface area contributed by atoms with E-state index in [0.29, 0.717) is 22.4 Å². The molecule has 0 fully saturated rings. The van der Waals surface area contributed by atoms with Crippen LogP contribution in [-0.4, -0.2) is 13.7 Å². The van der Waals surface area contributed by atoms with Gasteiger partial charge in [0.15, 0.2) is 0 Å². The highest BCUT2D eigenvalue weighted by Gasteiger charge is 2.15. The standard InChI is InChI=1S/C14H21Cl2NO/c1-4-6-7-13(17-3)10-8-12(16)14(18-5-2)9-11(10)15/h8-9,13,17H,4-7H2,1-3H3. The second kappa shape index (κ2) is 7.88. The van der Waals surface area contributed by atoms with Crippen molar-refractivity contribution in [2.24, 2.45) is 0 Å². The van der Waals surface area contributed by atoms with Crippen LogP contribution in [0.2, 0.25) is 10.0 Å². The van der Waals surface area contributed by atoms with Gasteiger partial charge in [0.2, 0.25) is 0 Å². The van der Waals surface area contributed by atoms with E-state index in [0.717, 1.165) is 18.4 Å². The molecule has 0 aliphatic heterocycles. The third kappa shape index (κ3) is 4.04. The zero-order valence-electron chi connectivity index (χ0n) is 11.2. The van der Waals surface area contributed by atoms with Crippen molar-refractivity contribution in [3.8, 4) is 5.75 Å². The third-order valence-corrected chi connectivity index (χ3v) is 3.54. The minimum Gasteiger partial charge on any atom is -0.492 e. The van der Waals surface area contributed by atoms with E-state index in [9.17, 15) is 0 Å². The summed E-state index contributed by atoms with van der Waals surface area (Å²) in [6, 6.07) is 3.95. The van der Waals surface area contributed by atoms with Gasteiger partial charge in [-0.05, 0) is 32.0 Å². The first kappa shape index (κ1) is 15.6. The third-order valence-electron chi connectivity index (χ3n) is 2.92. The molecule has 2 nitrogen and oxygen atoms in total. The van der Waals surface area contributed by atoms with Crippen molar-refractivity contribution < 1.29 is 4.74 Å². The minimum absolute atomic E-state index is 0.241. The van der Waals surface area contributed by atoms with Gasteiger partial charge in [0.1, 0.15) is 5.75 Å². The molecule has 0 saturated carbocycles.